The predicted molar refractivity (Wildman–Crippen MR) is 103 cm³/mol. The number of hydrogen-bond acceptors (Lipinski definition) is 5. The second-order valence-electron chi connectivity index (χ2n) is 5.91. The van der Waals surface area contributed by atoms with E-state index < -0.39 is 11.4 Å². The van der Waals surface area contributed by atoms with E-state index >= 15 is 0 Å². The van der Waals surface area contributed by atoms with Gasteiger partial charge in [0, 0.05) is 22.7 Å². The number of halogens is 2. The first kappa shape index (κ1) is 17.6. The van der Waals surface area contributed by atoms with Crippen molar-refractivity contribution in [3.8, 4) is 21.9 Å². The fourth-order valence-electron chi connectivity index (χ4n) is 2.71. The summed E-state index contributed by atoms with van der Waals surface area (Å²) in [6, 6.07) is 11.4. The third-order valence-corrected chi connectivity index (χ3v) is 5.25. The van der Waals surface area contributed by atoms with Crippen molar-refractivity contribution < 1.29 is 8.91 Å². The number of thiophene rings is 1. The summed E-state index contributed by atoms with van der Waals surface area (Å²) in [7, 11) is 0. The van der Waals surface area contributed by atoms with Gasteiger partial charge in [-0.2, -0.15) is 5.10 Å². The number of nitrogens with zero attached hydrogens (tertiary/aromatic N) is 3. The van der Waals surface area contributed by atoms with Gasteiger partial charge in [0.25, 0.3) is 5.56 Å². The predicted octanol–water partition coefficient (Wildman–Crippen LogP) is 4.78. The van der Waals surface area contributed by atoms with Crippen LogP contribution in [0.4, 0.5) is 4.39 Å². The highest BCUT2D eigenvalue weighted by molar-refractivity contribution is 7.13. The van der Waals surface area contributed by atoms with E-state index in [4.69, 9.17) is 16.1 Å². The molecular formula is C19H13ClFN3O2S. The maximum Gasteiger partial charge on any atom is 0.267 e. The largest absolute Gasteiger partial charge is 0.356 e. The lowest BCUT2D eigenvalue weighted by Gasteiger charge is -2.11. The minimum absolute atomic E-state index is 0.0710. The highest BCUT2D eigenvalue weighted by Gasteiger charge is 2.18. The van der Waals surface area contributed by atoms with Crippen LogP contribution in [-0.4, -0.2) is 14.9 Å². The molecule has 0 atom stereocenters. The van der Waals surface area contributed by atoms with Crippen LogP contribution in [-0.2, 0) is 6.54 Å². The Balaban J connectivity index is 1.87. The molecule has 0 saturated heterocycles. The monoisotopic (exact) mass is 401 g/mol. The zero-order valence-corrected chi connectivity index (χ0v) is 15.7. The molecule has 3 aromatic heterocycles. The van der Waals surface area contributed by atoms with Crippen LogP contribution in [0.3, 0.4) is 0 Å². The number of hydrogen-bond donors (Lipinski definition) is 0. The maximum absolute atomic E-state index is 14.1. The summed E-state index contributed by atoms with van der Waals surface area (Å²) >= 11 is 7.58. The van der Waals surface area contributed by atoms with E-state index in [2.05, 4.69) is 10.3 Å². The maximum atomic E-state index is 14.1. The Kier molecular flexibility index (Phi) is 4.63. The van der Waals surface area contributed by atoms with Crippen LogP contribution in [0.2, 0.25) is 5.02 Å². The molecule has 4 rings (SSSR count). The van der Waals surface area contributed by atoms with Crippen molar-refractivity contribution in [2.24, 2.45) is 0 Å². The minimum Gasteiger partial charge on any atom is -0.356 e. The molecule has 8 heteroatoms. The highest BCUT2D eigenvalue weighted by Crippen LogP contribution is 2.32. The van der Waals surface area contributed by atoms with Gasteiger partial charge in [-0.1, -0.05) is 28.9 Å². The molecule has 1 aromatic carbocycles. The summed E-state index contributed by atoms with van der Waals surface area (Å²) in [6.45, 7) is 1.73. The summed E-state index contributed by atoms with van der Waals surface area (Å²) in [5, 5.41) is 10.5. The zero-order valence-electron chi connectivity index (χ0n) is 14.1. The molecule has 0 spiro atoms. The third kappa shape index (κ3) is 3.43. The van der Waals surface area contributed by atoms with Crippen molar-refractivity contribution in [1.82, 2.24) is 14.9 Å². The number of benzene rings is 1. The molecule has 0 saturated carbocycles. The average molecular weight is 402 g/mol. The molecular weight excluding hydrogens is 389 g/mol. The quantitative estimate of drug-likeness (QED) is 0.494. The number of rotatable bonds is 4. The van der Waals surface area contributed by atoms with Crippen molar-refractivity contribution in [2.75, 3.05) is 0 Å². The van der Waals surface area contributed by atoms with Crippen LogP contribution in [0.25, 0.3) is 21.9 Å². The molecule has 0 fully saturated rings. The number of aromatic nitrogens is 3. The van der Waals surface area contributed by atoms with E-state index in [0.29, 0.717) is 22.7 Å². The summed E-state index contributed by atoms with van der Waals surface area (Å²) in [4.78, 5) is 13.5. The van der Waals surface area contributed by atoms with Crippen LogP contribution in [0, 0.1) is 12.7 Å². The van der Waals surface area contributed by atoms with Crippen LogP contribution in [0.15, 0.2) is 57.2 Å². The van der Waals surface area contributed by atoms with E-state index in [0.717, 1.165) is 4.88 Å². The van der Waals surface area contributed by atoms with Gasteiger partial charge in [0.2, 0.25) is 0 Å². The highest BCUT2D eigenvalue weighted by atomic mass is 35.5. The summed E-state index contributed by atoms with van der Waals surface area (Å²) < 4.78 is 20.7. The molecule has 0 unspecified atom stereocenters. The SMILES string of the molecule is Cc1cc(-c2cc(=O)n(Cc3c(F)cccc3Cl)nc2-c2cccs2)on1. The van der Waals surface area contributed by atoms with Gasteiger partial charge < -0.3 is 4.52 Å². The molecule has 3 heterocycles. The molecule has 27 heavy (non-hydrogen) atoms. The van der Waals surface area contributed by atoms with Crippen LogP contribution < -0.4 is 5.56 Å². The normalized spacial score (nSPS) is 11.1. The molecule has 5 nitrogen and oxygen atoms in total. The first-order valence-electron chi connectivity index (χ1n) is 8.05. The van der Waals surface area contributed by atoms with Gasteiger partial charge in [-0.25, -0.2) is 9.07 Å². The fraction of sp³-hybridized carbons (Fsp3) is 0.105. The van der Waals surface area contributed by atoms with E-state index in [9.17, 15) is 9.18 Å². The molecule has 0 aliphatic carbocycles. The fourth-order valence-corrected chi connectivity index (χ4v) is 3.66. The molecule has 0 radical (unpaired) electrons. The standard InChI is InChI=1S/C19H13ClFN3O2S/c1-11-8-16(26-23-11)12-9-18(25)24(22-19(12)17-6-3-7-27-17)10-13-14(20)4-2-5-15(13)21/h2-9H,10H2,1H3. The molecule has 0 bridgehead atoms. The lowest BCUT2D eigenvalue weighted by molar-refractivity contribution is 0.426. The Morgan fingerprint density at radius 3 is 2.78 bits per heavy atom. The topological polar surface area (TPSA) is 60.9 Å². The minimum atomic E-state index is -0.483. The third-order valence-electron chi connectivity index (χ3n) is 4.02. The van der Waals surface area contributed by atoms with E-state index in [1.54, 1.807) is 19.1 Å². The molecule has 136 valence electrons. The Labute approximate surface area is 162 Å². The second kappa shape index (κ2) is 7.09. The van der Waals surface area contributed by atoms with E-state index in [1.165, 1.54) is 34.2 Å². The Hall–Kier alpha value is -2.77. The Morgan fingerprint density at radius 2 is 2.11 bits per heavy atom. The van der Waals surface area contributed by atoms with Gasteiger partial charge in [0.15, 0.2) is 5.76 Å². The van der Waals surface area contributed by atoms with Crippen LogP contribution >= 0.6 is 22.9 Å². The Morgan fingerprint density at radius 1 is 1.26 bits per heavy atom. The molecule has 0 aliphatic rings. The summed E-state index contributed by atoms with van der Waals surface area (Å²) in [5.74, 6) is -0.0274. The van der Waals surface area contributed by atoms with Crippen molar-refractivity contribution >= 4 is 22.9 Å². The van der Waals surface area contributed by atoms with Crippen molar-refractivity contribution in [1.29, 1.82) is 0 Å². The summed E-state index contributed by atoms with van der Waals surface area (Å²) in [5.41, 5.74) is 1.63. The zero-order chi connectivity index (χ0) is 19.0. The lowest BCUT2D eigenvalue weighted by Crippen LogP contribution is -2.24. The van der Waals surface area contributed by atoms with Crippen molar-refractivity contribution in [3.05, 3.63) is 80.3 Å². The van der Waals surface area contributed by atoms with Gasteiger partial charge in [0.1, 0.15) is 11.5 Å². The molecule has 0 aliphatic heterocycles. The van der Waals surface area contributed by atoms with Gasteiger partial charge in [-0.3, -0.25) is 4.79 Å². The molecule has 4 aromatic rings. The second-order valence-corrected chi connectivity index (χ2v) is 7.27. The number of aryl methyl sites for hydroxylation is 1. The lowest BCUT2D eigenvalue weighted by atomic mass is 10.1. The molecule has 0 amide bonds. The van der Waals surface area contributed by atoms with Gasteiger partial charge in [0.05, 0.1) is 22.7 Å². The van der Waals surface area contributed by atoms with Crippen molar-refractivity contribution in [3.63, 3.8) is 0 Å². The first-order chi connectivity index (χ1) is 13.0. The summed E-state index contributed by atoms with van der Waals surface area (Å²) in [6.07, 6.45) is 0. The van der Waals surface area contributed by atoms with Crippen molar-refractivity contribution in [2.45, 2.75) is 13.5 Å². The van der Waals surface area contributed by atoms with E-state index in [1.807, 2.05) is 17.5 Å². The smallest absolute Gasteiger partial charge is 0.267 e. The van der Waals surface area contributed by atoms with Crippen LogP contribution in [0.1, 0.15) is 11.3 Å². The Bertz CT molecular complexity index is 1150. The van der Waals surface area contributed by atoms with Crippen LogP contribution in [0.5, 0.6) is 0 Å². The first-order valence-corrected chi connectivity index (χ1v) is 9.31. The molecule has 0 N–H and O–H groups in total. The van der Waals surface area contributed by atoms with Gasteiger partial charge >= 0.3 is 0 Å². The van der Waals surface area contributed by atoms with E-state index in [-0.39, 0.29) is 17.1 Å². The van der Waals surface area contributed by atoms with Gasteiger partial charge in [-0.05, 0) is 30.5 Å². The van der Waals surface area contributed by atoms with Gasteiger partial charge in [-0.15, -0.1) is 11.3 Å². The average Bonchev–Trinajstić information content (AvgIpc) is 3.31.